The van der Waals surface area contributed by atoms with E-state index in [0.29, 0.717) is 13.0 Å². The third-order valence-electron chi connectivity index (χ3n) is 2.70. The quantitative estimate of drug-likeness (QED) is 0.470. The minimum Gasteiger partial charge on any atom is -0.332 e. The Balaban J connectivity index is 0.000000224. The second kappa shape index (κ2) is 9.74. The fourth-order valence-electron chi connectivity index (χ4n) is 1.80. The fraction of sp³-hybridized carbons (Fsp3) is 0.267. The summed E-state index contributed by atoms with van der Waals surface area (Å²) >= 11 is 8.89. The standard InChI is InChI=1S/C8H10BrFN2.C7H8ClNO/c1-12(11)5-6-2-7(9)4-8(10)3-6;8-6-1-3-7(4-2-6)9-5-10/h2-4H,5,11H2,1H3;1,3,5H,2,4H2,(H,9,10). The maximum atomic E-state index is 12.8. The van der Waals surface area contributed by atoms with E-state index in [9.17, 15) is 9.18 Å². The van der Waals surface area contributed by atoms with Crippen LogP contribution < -0.4 is 11.2 Å². The molecule has 3 N–H and O–H groups in total. The first-order valence-corrected chi connectivity index (χ1v) is 7.74. The lowest BCUT2D eigenvalue weighted by molar-refractivity contribution is -0.109. The highest BCUT2D eigenvalue weighted by molar-refractivity contribution is 9.10. The van der Waals surface area contributed by atoms with Crippen LogP contribution in [0.2, 0.25) is 0 Å². The second-order valence-electron chi connectivity index (χ2n) is 4.76. The van der Waals surface area contributed by atoms with E-state index in [4.69, 9.17) is 17.4 Å². The Hall–Kier alpha value is -1.21. The van der Waals surface area contributed by atoms with Gasteiger partial charge in [-0.15, -0.1) is 0 Å². The summed E-state index contributed by atoms with van der Waals surface area (Å²) < 4.78 is 13.5. The van der Waals surface area contributed by atoms with Gasteiger partial charge in [0.2, 0.25) is 6.41 Å². The molecule has 0 saturated heterocycles. The number of nitrogens with two attached hydrogens (primary N) is 1. The molecule has 0 bridgehead atoms. The second-order valence-corrected chi connectivity index (χ2v) is 6.16. The van der Waals surface area contributed by atoms with E-state index < -0.39 is 0 Å². The van der Waals surface area contributed by atoms with Crippen LogP contribution in [0.5, 0.6) is 0 Å². The van der Waals surface area contributed by atoms with Gasteiger partial charge in [0.05, 0.1) is 0 Å². The van der Waals surface area contributed by atoms with Crippen LogP contribution >= 0.6 is 27.5 Å². The van der Waals surface area contributed by atoms with Gasteiger partial charge in [-0.2, -0.15) is 0 Å². The number of amides is 1. The van der Waals surface area contributed by atoms with Crippen LogP contribution in [0.15, 0.2) is 45.6 Å². The van der Waals surface area contributed by atoms with E-state index >= 15 is 0 Å². The van der Waals surface area contributed by atoms with Gasteiger partial charge in [0.1, 0.15) is 5.82 Å². The summed E-state index contributed by atoms with van der Waals surface area (Å²) in [5.74, 6) is 5.17. The number of nitrogens with one attached hydrogen (secondary N) is 1. The third kappa shape index (κ3) is 7.70. The molecule has 1 aromatic carbocycles. The molecular formula is C15H18BrClFN3O. The molecule has 0 fully saturated rings. The molecule has 1 aliphatic rings. The highest BCUT2D eigenvalue weighted by atomic mass is 79.9. The Morgan fingerprint density at radius 1 is 1.41 bits per heavy atom. The Bertz CT molecular complexity index is 556. The summed E-state index contributed by atoms with van der Waals surface area (Å²) in [5.41, 5.74) is 1.78. The van der Waals surface area contributed by atoms with Crippen molar-refractivity contribution < 1.29 is 9.18 Å². The zero-order chi connectivity index (χ0) is 16.5. The van der Waals surface area contributed by atoms with Crippen molar-refractivity contribution in [2.45, 2.75) is 19.4 Å². The first-order chi connectivity index (χ1) is 10.4. The van der Waals surface area contributed by atoms with Gasteiger partial charge in [-0.1, -0.05) is 27.5 Å². The molecule has 2 rings (SSSR count). The van der Waals surface area contributed by atoms with Gasteiger partial charge >= 0.3 is 0 Å². The van der Waals surface area contributed by atoms with Crippen LogP contribution in [0.4, 0.5) is 4.39 Å². The number of benzene rings is 1. The van der Waals surface area contributed by atoms with Crippen molar-refractivity contribution in [3.8, 4) is 0 Å². The molecule has 120 valence electrons. The van der Waals surface area contributed by atoms with Crippen LogP contribution in [0.3, 0.4) is 0 Å². The highest BCUT2D eigenvalue weighted by Gasteiger charge is 2.02. The van der Waals surface area contributed by atoms with Crippen molar-refractivity contribution in [1.82, 2.24) is 10.3 Å². The van der Waals surface area contributed by atoms with Crippen LogP contribution in [-0.4, -0.2) is 18.5 Å². The maximum Gasteiger partial charge on any atom is 0.211 e. The van der Waals surface area contributed by atoms with Crippen molar-refractivity contribution >= 4 is 33.9 Å². The molecule has 0 atom stereocenters. The van der Waals surface area contributed by atoms with Crippen molar-refractivity contribution in [2.24, 2.45) is 5.84 Å². The zero-order valence-corrected chi connectivity index (χ0v) is 14.5. The summed E-state index contributed by atoms with van der Waals surface area (Å²) in [6, 6.07) is 4.72. The fourth-order valence-corrected chi connectivity index (χ4v) is 2.47. The number of nitrogens with zero attached hydrogens (tertiary/aromatic N) is 1. The Kier molecular flexibility index (Phi) is 8.34. The molecule has 0 unspecified atom stereocenters. The number of rotatable bonds is 4. The third-order valence-corrected chi connectivity index (χ3v) is 3.47. The van der Waals surface area contributed by atoms with Gasteiger partial charge in [-0.05, 0) is 48.8 Å². The van der Waals surface area contributed by atoms with E-state index in [0.717, 1.165) is 33.6 Å². The van der Waals surface area contributed by atoms with Crippen LogP contribution in [-0.2, 0) is 11.3 Å². The first-order valence-electron chi connectivity index (χ1n) is 6.57. The molecule has 1 aliphatic carbocycles. The summed E-state index contributed by atoms with van der Waals surface area (Å²) in [5, 5.41) is 4.93. The largest absolute Gasteiger partial charge is 0.332 e. The Labute approximate surface area is 142 Å². The molecule has 0 heterocycles. The van der Waals surface area contributed by atoms with Gasteiger partial charge in [-0.3, -0.25) is 10.6 Å². The number of allylic oxidation sites excluding steroid dienone is 4. The van der Waals surface area contributed by atoms with E-state index in [2.05, 4.69) is 21.2 Å². The minimum absolute atomic E-state index is 0.249. The summed E-state index contributed by atoms with van der Waals surface area (Å²) in [6.45, 7) is 0.538. The Morgan fingerprint density at radius 2 is 2.14 bits per heavy atom. The molecule has 0 saturated carbocycles. The topological polar surface area (TPSA) is 58.4 Å². The number of hydrogen-bond acceptors (Lipinski definition) is 3. The summed E-state index contributed by atoms with van der Waals surface area (Å²) in [6.07, 6.45) is 5.96. The van der Waals surface area contributed by atoms with E-state index in [1.54, 1.807) is 13.1 Å². The van der Waals surface area contributed by atoms with Gasteiger partial charge in [-0.25, -0.2) is 9.40 Å². The van der Waals surface area contributed by atoms with E-state index in [1.165, 1.54) is 17.1 Å². The molecule has 1 amide bonds. The lowest BCUT2D eigenvalue weighted by Gasteiger charge is -2.09. The molecule has 4 nitrogen and oxygen atoms in total. The highest BCUT2D eigenvalue weighted by Crippen LogP contribution is 2.18. The predicted octanol–water partition coefficient (Wildman–Crippen LogP) is 3.43. The van der Waals surface area contributed by atoms with Gasteiger partial charge < -0.3 is 5.32 Å². The van der Waals surface area contributed by atoms with Crippen molar-refractivity contribution in [1.29, 1.82) is 0 Å². The molecule has 7 heteroatoms. The molecule has 0 aliphatic heterocycles. The monoisotopic (exact) mass is 389 g/mol. The lowest BCUT2D eigenvalue weighted by atomic mass is 10.1. The molecule has 0 radical (unpaired) electrons. The number of halogens is 3. The normalized spacial score (nSPS) is 13.7. The average Bonchev–Trinajstić information content (AvgIpc) is 2.40. The van der Waals surface area contributed by atoms with Gasteiger partial charge in [0, 0.05) is 28.8 Å². The van der Waals surface area contributed by atoms with E-state index in [-0.39, 0.29) is 5.82 Å². The number of hydrazine groups is 1. The van der Waals surface area contributed by atoms with Gasteiger partial charge in [0.25, 0.3) is 0 Å². The van der Waals surface area contributed by atoms with Crippen LogP contribution in [0.25, 0.3) is 0 Å². The predicted molar refractivity (Wildman–Crippen MR) is 90.2 cm³/mol. The number of hydrogen-bond donors (Lipinski definition) is 2. The van der Waals surface area contributed by atoms with Crippen LogP contribution in [0.1, 0.15) is 18.4 Å². The summed E-state index contributed by atoms with van der Waals surface area (Å²) in [4.78, 5) is 9.95. The maximum absolute atomic E-state index is 12.8. The minimum atomic E-state index is -0.249. The molecule has 0 aromatic heterocycles. The molecule has 1 aromatic rings. The van der Waals surface area contributed by atoms with Crippen LogP contribution in [0, 0.1) is 5.82 Å². The van der Waals surface area contributed by atoms with Crippen molar-refractivity contribution in [3.05, 3.63) is 56.9 Å². The smallest absolute Gasteiger partial charge is 0.211 e. The summed E-state index contributed by atoms with van der Waals surface area (Å²) in [7, 11) is 1.73. The first kappa shape index (κ1) is 18.8. The number of carbonyl (C=O) groups is 1. The van der Waals surface area contributed by atoms with Crippen molar-refractivity contribution in [3.63, 3.8) is 0 Å². The van der Waals surface area contributed by atoms with Gasteiger partial charge in [0.15, 0.2) is 0 Å². The average molecular weight is 391 g/mol. The molecular weight excluding hydrogens is 373 g/mol. The molecule has 0 spiro atoms. The SMILES string of the molecule is CN(N)Cc1cc(F)cc(Br)c1.O=CNC1=CC=C(Cl)CC1. The Morgan fingerprint density at radius 3 is 2.64 bits per heavy atom. The zero-order valence-electron chi connectivity index (χ0n) is 12.2. The van der Waals surface area contributed by atoms with E-state index in [1.807, 2.05) is 12.1 Å². The lowest BCUT2D eigenvalue weighted by Crippen LogP contribution is -2.25. The molecule has 22 heavy (non-hydrogen) atoms. The number of carbonyl (C=O) groups excluding carboxylic acids is 1. The van der Waals surface area contributed by atoms with Crippen molar-refractivity contribution in [2.75, 3.05) is 7.05 Å².